The van der Waals surface area contributed by atoms with Crippen molar-refractivity contribution < 1.29 is 4.74 Å². The van der Waals surface area contributed by atoms with Crippen molar-refractivity contribution in [3.8, 4) is 5.75 Å². The number of ether oxygens (including phenoxy) is 1. The van der Waals surface area contributed by atoms with Gasteiger partial charge < -0.3 is 4.74 Å². The fourth-order valence-electron chi connectivity index (χ4n) is 1.50. The Hall–Kier alpha value is -1.36. The summed E-state index contributed by atoms with van der Waals surface area (Å²) >= 11 is 3.41. The molecule has 0 spiro atoms. The molecule has 0 saturated carbocycles. The van der Waals surface area contributed by atoms with Gasteiger partial charge >= 0.3 is 0 Å². The largest absolute Gasteiger partial charge is 0.486 e. The number of benzene rings is 1. The first-order chi connectivity index (χ1) is 8.29. The van der Waals surface area contributed by atoms with Crippen molar-refractivity contribution in [1.29, 1.82) is 0 Å². The van der Waals surface area contributed by atoms with E-state index in [2.05, 4.69) is 32.9 Å². The van der Waals surface area contributed by atoms with Crippen molar-refractivity contribution in [3.63, 3.8) is 0 Å². The summed E-state index contributed by atoms with van der Waals surface area (Å²) in [6.07, 6.45) is 2.60. The minimum Gasteiger partial charge on any atom is -0.486 e. The molecule has 0 radical (unpaired) electrons. The second-order valence-electron chi connectivity index (χ2n) is 3.65. The molecule has 90 valence electrons. The molecule has 0 aliphatic heterocycles. The van der Waals surface area contributed by atoms with Gasteiger partial charge in [0, 0.05) is 11.0 Å². The van der Waals surface area contributed by atoms with Crippen molar-refractivity contribution in [2.45, 2.75) is 26.5 Å². The Bertz CT molecular complexity index is 484. The molecule has 1 aromatic heterocycles. The molecule has 17 heavy (non-hydrogen) atoms. The first-order valence-corrected chi connectivity index (χ1v) is 6.34. The highest BCUT2D eigenvalue weighted by molar-refractivity contribution is 9.10. The monoisotopic (exact) mass is 295 g/mol. The van der Waals surface area contributed by atoms with E-state index < -0.39 is 0 Å². The second-order valence-corrected chi connectivity index (χ2v) is 4.56. The molecule has 0 N–H and O–H groups in total. The lowest BCUT2D eigenvalue weighted by Gasteiger charge is -2.07. The SMILES string of the molecule is CCCn1ncnc1COc1cccc(Br)c1. The summed E-state index contributed by atoms with van der Waals surface area (Å²) in [4.78, 5) is 4.19. The van der Waals surface area contributed by atoms with Crippen molar-refractivity contribution in [2.75, 3.05) is 0 Å². The van der Waals surface area contributed by atoms with E-state index in [1.807, 2.05) is 28.9 Å². The van der Waals surface area contributed by atoms with Crippen LogP contribution in [0.2, 0.25) is 0 Å². The van der Waals surface area contributed by atoms with Crippen molar-refractivity contribution >= 4 is 15.9 Å². The Morgan fingerprint density at radius 1 is 1.41 bits per heavy atom. The molecular formula is C12H14BrN3O. The Morgan fingerprint density at radius 2 is 2.29 bits per heavy atom. The number of halogens is 1. The van der Waals surface area contributed by atoms with Crippen LogP contribution in [-0.4, -0.2) is 14.8 Å². The molecule has 0 aliphatic carbocycles. The molecule has 0 amide bonds. The molecule has 2 aromatic rings. The van der Waals surface area contributed by atoms with E-state index in [0.717, 1.165) is 29.0 Å². The van der Waals surface area contributed by atoms with E-state index in [1.54, 1.807) is 6.33 Å². The van der Waals surface area contributed by atoms with E-state index in [4.69, 9.17) is 4.74 Å². The first-order valence-electron chi connectivity index (χ1n) is 5.54. The smallest absolute Gasteiger partial charge is 0.164 e. The predicted molar refractivity (Wildman–Crippen MR) is 68.8 cm³/mol. The maximum atomic E-state index is 5.66. The Labute approximate surface area is 109 Å². The van der Waals surface area contributed by atoms with Crippen LogP contribution >= 0.6 is 15.9 Å². The van der Waals surface area contributed by atoms with Crippen LogP contribution in [0.25, 0.3) is 0 Å². The molecule has 0 unspecified atom stereocenters. The maximum Gasteiger partial charge on any atom is 0.164 e. The highest BCUT2D eigenvalue weighted by atomic mass is 79.9. The molecule has 2 rings (SSSR count). The Kier molecular flexibility index (Phi) is 4.14. The molecule has 4 nitrogen and oxygen atoms in total. The minimum atomic E-state index is 0.441. The van der Waals surface area contributed by atoms with Gasteiger partial charge in [-0.25, -0.2) is 9.67 Å². The lowest BCUT2D eigenvalue weighted by Crippen LogP contribution is -2.08. The zero-order valence-corrected chi connectivity index (χ0v) is 11.2. The van der Waals surface area contributed by atoms with Crippen molar-refractivity contribution in [3.05, 3.63) is 40.9 Å². The number of nitrogens with zero attached hydrogens (tertiary/aromatic N) is 3. The average Bonchev–Trinajstić information content (AvgIpc) is 2.75. The highest BCUT2D eigenvalue weighted by Crippen LogP contribution is 2.18. The zero-order valence-electron chi connectivity index (χ0n) is 9.64. The quantitative estimate of drug-likeness (QED) is 0.851. The van der Waals surface area contributed by atoms with Gasteiger partial charge in [-0.15, -0.1) is 0 Å². The lowest BCUT2D eigenvalue weighted by molar-refractivity contribution is 0.286. The fourth-order valence-corrected chi connectivity index (χ4v) is 1.88. The topological polar surface area (TPSA) is 39.9 Å². The van der Waals surface area contributed by atoms with Crippen LogP contribution in [0, 0.1) is 0 Å². The third-order valence-corrected chi connectivity index (χ3v) is 2.79. The number of aromatic nitrogens is 3. The van der Waals surface area contributed by atoms with Crippen LogP contribution in [-0.2, 0) is 13.2 Å². The summed E-state index contributed by atoms with van der Waals surface area (Å²) in [5, 5.41) is 4.15. The highest BCUT2D eigenvalue weighted by Gasteiger charge is 2.04. The lowest BCUT2D eigenvalue weighted by atomic mass is 10.3. The Balaban J connectivity index is 1.99. The molecule has 0 saturated heterocycles. The molecule has 1 aromatic carbocycles. The van der Waals surface area contributed by atoms with E-state index >= 15 is 0 Å². The van der Waals surface area contributed by atoms with Gasteiger partial charge in [0.2, 0.25) is 0 Å². The second kappa shape index (κ2) is 5.82. The predicted octanol–water partition coefficient (Wildman–Crippen LogP) is 3.03. The maximum absolute atomic E-state index is 5.66. The molecule has 0 aliphatic rings. The fraction of sp³-hybridized carbons (Fsp3) is 0.333. The van der Waals surface area contributed by atoms with E-state index in [1.165, 1.54) is 0 Å². The molecule has 0 fully saturated rings. The number of hydrogen-bond donors (Lipinski definition) is 0. The summed E-state index contributed by atoms with van der Waals surface area (Å²) < 4.78 is 8.54. The molecule has 0 bridgehead atoms. The summed E-state index contributed by atoms with van der Waals surface area (Å²) in [6, 6.07) is 7.76. The first kappa shape index (κ1) is 12.1. The minimum absolute atomic E-state index is 0.441. The number of aryl methyl sites for hydroxylation is 1. The van der Waals surface area contributed by atoms with Crippen molar-refractivity contribution in [2.24, 2.45) is 0 Å². The summed E-state index contributed by atoms with van der Waals surface area (Å²) in [5.74, 6) is 1.68. The average molecular weight is 296 g/mol. The van der Waals surface area contributed by atoms with E-state index in [9.17, 15) is 0 Å². The molecule has 0 atom stereocenters. The van der Waals surface area contributed by atoms with Gasteiger partial charge in [-0.2, -0.15) is 5.10 Å². The van der Waals surface area contributed by atoms with Crippen molar-refractivity contribution in [1.82, 2.24) is 14.8 Å². The molecule has 5 heteroatoms. The van der Waals surface area contributed by atoms with Gasteiger partial charge in [-0.1, -0.05) is 28.9 Å². The zero-order chi connectivity index (χ0) is 12.1. The standard InChI is InChI=1S/C12H14BrN3O/c1-2-6-16-12(14-9-15-16)8-17-11-5-3-4-10(13)7-11/h3-5,7,9H,2,6,8H2,1H3. The van der Waals surface area contributed by atoms with E-state index in [-0.39, 0.29) is 0 Å². The number of hydrogen-bond acceptors (Lipinski definition) is 3. The van der Waals surface area contributed by atoms with Crippen LogP contribution in [0.4, 0.5) is 0 Å². The van der Waals surface area contributed by atoms with Gasteiger partial charge in [0.15, 0.2) is 5.82 Å². The summed E-state index contributed by atoms with van der Waals surface area (Å²) in [5.41, 5.74) is 0. The summed E-state index contributed by atoms with van der Waals surface area (Å²) in [6.45, 7) is 3.42. The van der Waals surface area contributed by atoms with Crippen LogP contribution in [0.1, 0.15) is 19.2 Å². The number of rotatable bonds is 5. The van der Waals surface area contributed by atoms with Crippen LogP contribution in [0.3, 0.4) is 0 Å². The van der Waals surface area contributed by atoms with Gasteiger partial charge in [-0.3, -0.25) is 0 Å². The van der Waals surface area contributed by atoms with Gasteiger partial charge in [0.1, 0.15) is 18.7 Å². The van der Waals surface area contributed by atoms with Gasteiger partial charge in [0.05, 0.1) is 0 Å². The Morgan fingerprint density at radius 3 is 3.06 bits per heavy atom. The van der Waals surface area contributed by atoms with Crippen LogP contribution in [0.15, 0.2) is 35.1 Å². The third kappa shape index (κ3) is 3.30. The van der Waals surface area contributed by atoms with Crippen LogP contribution in [0.5, 0.6) is 5.75 Å². The molecular weight excluding hydrogens is 282 g/mol. The van der Waals surface area contributed by atoms with Gasteiger partial charge in [-0.05, 0) is 24.6 Å². The van der Waals surface area contributed by atoms with E-state index in [0.29, 0.717) is 6.61 Å². The third-order valence-electron chi connectivity index (χ3n) is 2.30. The van der Waals surface area contributed by atoms with Gasteiger partial charge in [0.25, 0.3) is 0 Å². The van der Waals surface area contributed by atoms with Crippen LogP contribution < -0.4 is 4.74 Å². The molecule has 1 heterocycles. The normalized spacial score (nSPS) is 10.5. The summed E-state index contributed by atoms with van der Waals surface area (Å²) in [7, 11) is 0.